The SMILES string of the molecule is [CH]1COC2(CCNC2)O1. The molecule has 3 heteroatoms. The molecule has 2 aliphatic heterocycles. The summed E-state index contributed by atoms with van der Waals surface area (Å²) in [6, 6.07) is 0. The zero-order valence-electron chi connectivity index (χ0n) is 5.22. The maximum Gasteiger partial charge on any atom is 0.182 e. The summed E-state index contributed by atoms with van der Waals surface area (Å²) in [6.45, 7) is 4.21. The Labute approximate surface area is 54.3 Å². The zero-order chi connectivity index (χ0) is 6.16. The van der Waals surface area contributed by atoms with Gasteiger partial charge in [0.15, 0.2) is 5.79 Å². The quantitative estimate of drug-likeness (QED) is 0.493. The minimum Gasteiger partial charge on any atom is -0.346 e. The molecule has 0 bridgehead atoms. The molecule has 0 aromatic rings. The van der Waals surface area contributed by atoms with Crippen LogP contribution in [0.25, 0.3) is 0 Å². The van der Waals surface area contributed by atoms with Gasteiger partial charge in [-0.3, -0.25) is 0 Å². The van der Waals surface area contributed by atoms with E-state index in [0.29, 0.717) is 6.61 Å². The van der Waals surface area contributed by atoms with E-state index in [-0.39, 0.29) is 5.79 Å². The Morgan fingerprint density at radius 2 is 2.56 bits per heavy atom. The number of nitrogens with one attached hydrogen (secondary N) is 1. The molecule has 0 aromatic heterocycles. The van der Waals surface area contributed by atoms with Crippen LogP contribution < -0.4 is 5.32 Å². The molecule has 1 unspecified atom stereocenters. The first kappa shape index (κ1) is 5.65. The van der Waals surface area contributed by atoms with Crippen LogP contribution >= 0.6 is 0 Å². The van der Waals surface area contributed by atoms with E-state index >= 15 is 0 Å². The van der Waals surface area contributed by atoms with Gasteiger partial charge in [0, 0.05) is 19.5 Å². The summed E-state index contributed by atoms with van der Waals surface area (Å²) in [6.07, 6.45) is 0.976. The molecule has 51 valence electrons. The molecule has 1 spiro atoms. The molecule has 0 amide bonds. The third kappa shape index (κ3) is 0.852. The van der Waals surface area contributed by atoms with E-state index < -0.39 is 0 Å². The Hall–Kier alpha value is -0.120. The fourth-order valence-corrected chi connectivity index (χ4v) is 1.28. The summed E-state index contributed by atoms with van der Waals surface area (Å²) in [5.41, 5.74) is 0. The van der Waals surface area contributed by atoms with Gasteiger partial charge in [-0.25, -0.2) is 0 Å². The highest BCUT2D eigenvalue weighted by Crippen LogP contribution is 2.27. The highest BCUT2D eigenvalue weighted by molar-refractivity contribution is 4.86. The molecule has 2 saturated heterocycles. The van der Waals surface area contributed by atoms with E-state index in [1.807, 2.05) is 0 Å². The fourth-order valence-electron chi connectivity index (χ4n) is 1.28. The van der Waals surface area contributed by atoms with Gasteiger partial charge in [0.05, 0.1) is 6.61 Å². The summed E-state index contributed by atoms with van der Waals surface area (Å²) in [5.74, 6) is -0.278. The van der Waals surface area contributed by atoms with E-state index in [2.05, 4.69) is 5.32 Å². The predicted molar refractivity (Wildman–Crippen MR) is 31.6 cm³/mol. The van der Waals surface area contributed by atoms with Crippen molar-refractivity contribution in [2.75, 3.05) is 19.7 Å². The molecule has 1 radical (unpaired) electrons. The molecule has 0 aliphatic carbocycles. The first-order chi connectivity index (χ1) is 4.41. The summed E-state index contributed by atoms with van der Waals surface area (Å²) in [5, 5.41) is 3.18. The van der Waals surface area contributed by atoms with Crippen LogP contribution in [-0.2, 0) is 9.47 Å². The average molecular weight is 128 g/mol. The molecule has 2 heterocycles. The van der Waals surface area contributed by atoms with Crippen LogP contribution in [-0.4, -0.2) is 25.5 Å². The lowest BCUT2D eigenvalue weighted by Gasteiger charge is -2.18. The van der Waals surface area contributed by atoms with Crippen LogP contribution in [0.15, 0.2) is 0 Å². The van der Waals surface area contributed by atoms with Crippen molar-refractivity contribution in [3.63, 3.8) is 0 Å². The molecule has 1 atom stereocenters. The van der Waals surface area contributed by atoms with Crippen molar-refractivity contribution < 1.29 is 9.47 Å². The van der Waals surface area contributed by atoms with Gasteiger partial charge in [-0.1, -0.05) is 0 Å². The van der Waals surface area contributed by atoms with Gasteiger partial charge in [0.2, 0.25) is 0 Å². The molecule has 3 nitrogen and oxygen atoms in total. The van der Waals surface area contributed by atoms with E-state index in [1.54, 1.807) is 6.61 Å². The van der Waals surface area contributed by atoms with Crippen LogP contribution in [0.4, 0.5) is 0 Å². The average Bonchev–Trinajstić information content (AvgIpc) is 2.45. The third-order valence-electron chi connectivity index (χ3n) is 1.79. The molecule has 2 fully saturated rings. The van der Waals surface area contributed by atoms with Crippen molar-refractivity contribution in [3.8, 4) is 0 Å². The van der Waals surface area contributed by atoms with E-state index in [0.717, 1.165) is 19.5 Å². The molecule has 2 rings (SSSR count). The van der Waals surface area contributed by atoms with Crippen molar-refractivity contribution in [3.05, 3.63) is 6.61 Å². The maximum absolute atomic E-state index is 5.36. The van der Waals surface area contributed by atoms with Crippen molar-refractivity contribution in [1.82, 2.24) is 5.32 Å². The Morgan fingerprint density at radius 1 is 1.56 bits per heavy atom. The van der Waals surface area contributed by atoms with E-state index in [9.17, 15) is 0 Å². The minimum absolute atomic E-state index is 0.278. The Bertz CT molecular complexity index is 86.1. The largest absolute Gasteiger partial charge is 0.346 e. The topological polar surface area (TPSA) is 30.5 Å². The van der Waals surface area contributed by atoms with Crippen LogP contribution in [0.3, 0.4) is 0 Å². The second-order valence-electron chi connectivity index (χ2n) is 2.43. The summed E-state index contributed by atoms with van der Waals surface area (Å²) < 4.78 is 10.7. The summed E-state index contributed by atoms with van der Waals surface area (Å²) in [7, 11) is 0. The van der Waals surface area contributed by atoms with Gasteiger partial charge < -0.3 is 14.8 Å². The van der Waals surface area contributed by atoms with E-state index in [1.165, 1.54) is 0 Å². The lowest BCUT2D eigenvalue weighted by Crippen LogP contribution is -2.31. The lowest BCUT2D eigenvalue weighted by molar-refractivity contribution is -0.131. The normalized spacial score (nSPS) is 32.0. The van der Waals surface area contributed by atoms with Crippen molar-refractivity contribution >= 4 is 0 Å². The van der Waals surface area contributed by atoms with E-state index in [4.69, 9.17) is 9.47 Å². The highest BCUT2D eigenvalue weighted by Gasteiger charge is 2.39. The van der Waals surface area contributed by atoms with Crippen LogP contribution in [0.1, 0.15) is 6.42 Å². The van der Waals surface area contributed by atoms with Crippen molar-refractivity contribution in [2.45, 2.75) is 12.2 Å². The van der Waals surface area contributed by atoms with Crippen LogP contribution in [0.2, 0.25) is 0 Å². The first-order valence-electron chi connectivity index (χ1n) is 3.26. The Morgan fingerprint density at radius 3 is 3.11 bits per heavy atom. The summed E-state index contributed by atoms with van der Waals surface area (Å²) in [4.78, 5) is 0. The van der Waals surface area contributed by atoms with Gasteiger partial charge in [0.1, 0.15) is 6.61 Å². The van der Waals surface area contributed by atoms with Crippen LogP contribution in [0.5, 0.6) is 0 Å². The smallest absolute Gasteiger partial charge is 0.182 e. The first-order valence-corrected chi connectivity index (χ1v) is 3.26. The highest BCUT2D eigenvalue weighted by atomic mass is 16.7. The van der Waals surface area contributed by atoms with Gasteiger partial charge in [0.25, 0.3) is 0 Å². The van der Waals surface area contributed by atoms with Crippen LogP contribution in [0, 0.1) is 6.61 Å². The second kappa shape index (κ2) is 1.94. The number of hydrogen-bond donors (Lipinski definition) is 1. The van der Waals surface area contributed by atoms with Crippen molar-refractivity contribution in [1.29, 1.82) is 0 Å². The lowest BCUT2D eigenvalue weighted by atomic mass is 10.2. The number of ether oxygens (including phenoxy) is 2. The van der Waals surface area contributed by atoms with Gasteiger partial charge >= 0.3 is 0 Å². The monoisotopic (exact) mass is 128 g/mol. The molecular formula is C6H10NO2. The number of hydrogen-bond acceptors (Lipinski definition) is 3. The zero-order valence-corrected chi connectivity index (χ0v) is 5.22. The minimum atomic E-state index is -0.278. The standard InChI is InChI=1S/C6H10NO2/c1-2-7-5-6(1)8-3-4-9-6/h3,7H,1-2,4-5H2. The molecule has 2 aliphatic rings. The predicted octanol–water partition coefficient (Wildman–Crippen LogP) is -0.115. The second-order valence-corrected chi connectivity index (χ2v) is 2.43. The van der Waals surface area contributed by atoms with Gasteiger partial charge in [-0.2, -0.15) is 0 Å². The van der Waals surface area contributed by atoms with Gasteiger partial charge in [-0.05, 0) is 0 Å². The van der Waals surface area contributed by atoms with Gasteiger partial charge in [-0.15, -0.1) is 0 Å². The molecular weight excluding hydrogens is 118 g/mol. The Balaban J connectivity index is 2.04. The maximum atomic E-state index is 5.36. The van der Waals surface area contributed by atoms with Crippen molar-refractivity contribution in [2.24, 2.45) is 0 Å². The Kier molecular flexibility index (Phi) is 1.22. The molecule has 1 N–H and O–H groups in total. The third-order valence-corrected chi connectivity index (χ3v) is 1.79. The fraction of sp³-hybridized carbons (Fsp3) is 0.833. The molecule has 0 saturated carbocycles. The molecule has 0 aromatic carbocycles. The summed E-state index contributed by atoms with van der Waals surface area (Å²) >= 11 is 0. The number of rotatable bonds is 0. The molecule has 9 heavy (non-hydrogen) atoms.